The Morgan fingerprint density at radius 1 is 1.31 bits per heavy atom. The Morgan fingerprint density at radius 2 is 1.85 bits per heavy atom. The average Bonchev–Trinajstić information content (AvgIpc) is 2.04. The molecule has 0 aliphatic rings. The summed E-state index contributed by atoms with van der Waals surface area (Å²) in [5, 5.41) is 0. The Labute approximate surface area is 79.5 Å². The van der Waals surface area contributed by atoms with E-state index in [4.69, 9.17) is 5.73 Å². The van der Waals surface area contributed by atoms with Crippen LogP contribution in [0, 0.1) is 6.92 Å². The summed E-state index contributed by atoms with van der Waals surface area (Å²) in [7, 11) is -2.41. The molecule has 0 spiro atoms. The molecular formula is C9H12NO2S. The maximum atomic E-state index is 10.4. The van der Waals surface area contributed by atoms with Gasteiger partial charge in [-0.25, -0.2) is 8.42 Å². The van der Waals surface area contributed by atoms with E-state index in [-0.39, 0.29) is 5.75 Å². The second-order valence-corrected chi connectivity index (χ2v) is 3.89. The van der Waals surface area contributed by atoms with Gasteiger partial charge in [-0.05, 0) is 18.1 Å². The van der Waals surface area contributed by atoms with E-state index in [1.807, 2.05) is 12.1 Å². The molecule has 0 aliphatic carbocycles. The average molecular weight is 198 g/mol. The van der Waals surface area contributed by atoms with Gasteiger partial charge in [-0.1, -0.05) is 24.3 Å². The van der Waals surface area contributed by atoms with Gasteiger partial charge in [-0.3, -0.25) is 0 Å². The Bertz CT molecular complexity index is 335. The summed E-state index contributed by atoms with van der Waals surface area (Å²) in [4.78, 5) is 0. The molecule has 0 aromatic heterocycles. The third-order valence-corrected chi connectivity index (χ3v) is 2.45. The second-order valence-electron chi connectivity index (χ2n) is 2.86. The van der Waals surface area contributed by atoms with Gasteiger partial charge in [0.05, 0.1) is 5.75 Å². The Morgan fingerprint density at radius 3 is 2.31 bits per heavy atom. The largest absolute Gasteiger partial charge is 0.323 e. The van der Waals surface area contributed by atoms with Gasteiger partial charge in [0.2, 0.25) is 0 Å². The van der Waals surface area contributed by atoms with Gasteiger partial charge in [0.1, 0.15) is 10.7 Å². The fraction of sp³-hybridized carbons (Fsp3) is 0.222. The minimum Gasteiger partial charge on any atom is -0.323 e. The highest BCUT2D eigenvalue weighted by Gasteiger charge is 2.05. The highest BCUT2D eigenvalue weighted by molar-refractivity contribution is 7.72. The summed E-state index contributed by atoms with van der Waals surface area (Å²) < 4.78 is 20.8. The lowest BCUT2D eigenvalue weighted by molar-refractivity contribution is 0.608. The molecule has 71 valence electrons. The van der Waals surface area contributed by atoms with Crippen LogP contribution in [-0.2, 0) is 10.7 Å². The molecule has 3 nitrogen and oxygen atoms in total. The summed E-state index contributed by atoms with van der Waals surface area (Å²) in [5.41, 5.74) is 7.36. The minimum absolute atomic E-state index is 0.00811. The van der Waals surface area contributed by atoms with Crippen molar-refractivity contribution in [3.63, 3.8) is 0 Å². The van der Waals surface area contributed by atoms with Crippen molar-refractivity contribution in [2.45, 2.75) is 6.04 Å². The standard InChI is InChI=1S/C9H12NO2S/c1-7-2-4-8(5-3-7)9(10)6-13(11)12/h2-5,9,13H,1,6,10H2. The van der Waals surface area contributed by atoms with Crippen molar-refractivity contribution in [2.75, 3.05) is 5.75 Å². The predicted molar refractivity (Wildman–Crippen MR) is 53.0 cm³/mol. The van der Waals surface area contributed by atoms with Crippen molar-refractivity contribution in [3.05, 3.63) is 42.3 Å². The number of benzene rings is 1. The summed E-state index contributed by atoms with van der Waals surface area (Å²) in [6.45, 7) is 3.72. The normalized spacial score (nSPS) is 13.2. The molecule has 0 heterocycles. The molecule has 4 heteroatoms. The molecule has 1 rings (SSSR count). The van der Waals surface area contributed by atoms with Crippen molar-refractivity contribution < 1.29 is 8.42 Å². The lowest BCUT2D eigenvalue weighted by atomic mass is 10.1. The molecular weight excluding hydrogens is 186 g/mol. The zero-order chi connectivity index (χ0) is 9.84. The summed E-state index contributed by atoms with van der Waals surface area (Å²) in [6, 6.07) is 6.79. The smallest absolute Gasteiger partial charge is 0.142 e. The fourth-order valence-electron chi connectivity index (χ4n) is 1.03. The molecule has 0 saturated carbocycles. The van der Waals surface area contributed by atoms with E-state index in [0.717, 1.165) is 11.1 Å². The Kier molecular flexibility index (Phi) is 3.45. The molecule has 0 bridgehead atoms. The lowest BCUT2D eigenvalue weighted by Crippen LogP contribution is -2.15. The van der Waals surface area contributed by atoms with Crippen LogP contribution in [0.25, 0.3) is 0 Å². The molecule has 1 unspecified atom stereocenters. The van der Waals surface area contributed by atoms with Gasteiger partial charge in [-0.15, -0.1) is 0 Å². The number of thiol groups is 1. The van der Waals surface area contributed by atoms with Crippen molar-refractivity contribution in [3.8, 4) is 0 Å². The Hall–Kier alpha value is -0.870. The first kappa shape index (κ1) is 10.2. The SMILES string of the molecule is [CH2]c1ccc(C(N)C[SH](=O)=O)cc1. The predicted octanol–water partition coefficient (Wildman–Crippen LogP) is 0.480. The topological polar surface area (TPSA) is 60.2 Å². The third kappa shape index (κ3) is 3.16. The van der Waals surface area contributed by atoms with E-state index in [1.54, 1.807) is 12.1 Å². The monoisotopic (exact) mass is 198 g/mol. The van der Waals surface area contributed by atoms with Crippen LogP contribution in [0.2, 0.25) is 0 Å². The van der Waals surface area contributed by atoms with Crippen LogP contribution < -0.4 is 5.73 Å². The molecule has 0 fully saturated rings. The van der Waals surface area contributed by atoms with Crippen LogP contribution in [-0.4, -0.2) is 14.2 Å². The second kappa shape index (κ2) is 4.39. The third-order valence-electron chi connectivity index (χ3n) is 1.75. The molecule has 2 N–H and O–H groups in total. The molecule has 0 aliphatic heterocycles. The summed E-state index contributed by atoms with van der Waals surface area (Å²) in [5.74, 6) is -0.00811. The van der Waals surface area contributed by atoms with Crippen molar-refractivity contribution in [2.24, 2.45) is 5.73 Å². The van der Waals surface area contributed by atoms with Gasteiger partial charge in [-0.2, -0.15) is 0 Å². The maximum Gasteiger partial charge on any atom is 0.142 e. The summed E-state index contributed by atoms with van der Waals surface area (Å²) >= 11 is 0. The van der Waals surface area contributed by atoms with E-state index in [0.29, 0.717) is 0 Å². The van der Waals surface area contributed by atoms with Crippen molar-refractivity contribution in [1.29, 1.82) is 0 Å². The summed E-state index contributed by atoms with van der Waals surface area (Å²) in [6.07, 6.45) is 0. The molecule has 0 amide bonds. The molecule has 1 aromatic carbocycles. The van der Waals surface area contributed by atoms with Crippen molar-refractivity contribution in [1.82, 2.24) is 0 Å². The molecule has 1 atom stereocenters. The van der Waals surface area contributed by atoms with Gasteiger partial charge in [0, 0.05) is 6.04 Å². The first-order valence-corrected chi connectivity index (χ1v) is 5.25. The number of hydrogen-bond acceptors (Lipinski definition) is 3. The number of hydrogen-bond donors (Lipinski definition) is 2. The molecule has 1 aromatic rings. The maximum absolute atomic E-state index is 10.4. The van der Waals surface area contributed by atoms with Crippen LogP contribution in [0.1, 0.15) is 17.2 Å². The van der Waals surface area contributed by atoms with Gasteiger partial charge < -0.3 is 5.73 Å². The van der Waals surface area contributed by atoms with Crippen LogP contribution in [0.15, 0.2) is 24.3 Å². The molecule has 0 saturated heterocycles. The van der Waals surface area contributed by atoms with Gasteiger partial charge >= 0.3 is 0 Å². The molecule has 1 radical (unpaired) electrons. The van der Waals surface area contributed by atoms with E-state index in [2.05, 4.69) is 6.92 Å². The van der Waals surface area contributed by atoms with Gasteiger partial charge in [0.25, 0.3) is 0 Å². The highest BCUT2D eigenvalue weighted by atomic mass is 32.2. The van der Waals surface area contributed by atoms with Crippen LogP contribution >= 0.6 is 0 Å². The zero-order valence-electron chi connectivity index (χ0n) is 7.14. The quantitative estimate of drug-likeness (QED) is 0.694. The van der Waals surface area contributed by atoms with E-state index < -0.39 is 16.7 Å². The highest BCUT2D eigenvalue weighted by Crippen LogP contribution is 2.11. The van der Waals surface area contributed by atoms with E-state index >= 15 is 0 Å². The number of rotatable bonds is 3. The minimum atomic E-state index is -2.41. The first-order chi connectivity index (χ1) is 6.09. The van der Waals surface area contributed by atoms with Crippen molar-refractivity contribution >= 4 is 10.7 Å². The van der Waals surface area contributed by atoms with E-state index in [1.165, 1.54) is 0 Å². The molecule has 13 heavy (non-hydrogen) atoms. The van der Waals surface area contributed by atoms with Crippen LogP contribution in [0.5, 0.6) is 0 Å². The Balaban J connectivity index is 2.77. The number of nitrogens with two attached hydrogens (primary N) is 1. The fourth-order valence-corrected chi connectivity index (χ4v) is 1.56. The van der Waals surface area contributed by atoms with Crippen LogP contribution in [0.3, 0.4) is 0 Å². The van der Waals surface area contributed by atoms with Gasteiger partial charge in [0.15, 0.2) is 0 Å². The zero-order valence-corrected chi connectivity index (χ0v) is 8.04. The van der Waals surface area contributed by atoms with E-state index in [9.17, 15) is 8.42 Å². The van der Waals surface area contributed by atoms with Crippen LogP contribution in [0.4, 0.5) is 0 Å². The first-order valence-electron chi connectivity index (χ1n) is 3.89. The lowest BCUT2D eigenvalue weighted by Gasteiger charge is -2.07.